The minimum atomic E-state index is 0.797. The van der Waals surface area contributed by atoms with Crippen LogP contribution >= 0.6 is 11.6 Å². The first-order valence-corrected chi connectivity index (χ1v) is 5.33. The molecule has 2 aromatic rings. The van der Waals surface area contributed by atoms with Gasteiger partial charge in [-0.2, -0.15) is 0 Å². The fourth-order valence-corrected chi connectivity index (χ4v) is 1.83. The summed E-state index contributed by atoms with van der Waals surface area (Å²) in [7, 11) is 0. The summed E-state index contributed by atoms with van der Waals surface area (Å²) >= 11 is 6.14. The standard InChI is InChI=1S/C14H12Cl/c1-2-11-6-5-7-12(10-11)13-8-3-4-9-14(13)15/h2-10H,1H3. The van der Waals surface area contributed by atoms with Crippen molar-refractivity contribution in [1.29, 1.82) is 0 Å². The van der Waals surface area contributed by atoms with Crippen LogP contribution in [0.5, 0.6) is 0 Å². The van der Waals surface area contributed by atoms with E-state index in [1.54, 1.807) is 0 Å². The number of benzene rings is 2. The minimum absolute atomic E-state index is 0.797. The second-order valence-electron chi connectivity index (χ2n) is 3.39. The van der Waals surface area contributed by atoms with E-state index in [9.17, 15) is 0 Å². The van der Waals surface area contributed by atoms with E-state index in [-0.39, 0.29) is 0 Å². The predicted octanol–water partition coefficient (Wildman–Crippen LogP) is 4.58. The third kappa shape index (κ3) is 2.21. The third-order valence-corrected chi connectivity index (χ3v) is 2.73. The topological polar surface area (TPSA) is 0 Å². The Kier molecular flexibility index (Phi) is 3.08. The van der Waals surface area contributed by atoms with Crippen LogP contribution in [0.3, 0.4) is 0 Å². The molecule has 0 bridgehead atoms. The molecule has 0 fully saturated rings. The molecule has 0 amide bonds. The van der Waals surface area contributed by atoms with E-state index in [2.05, 4.69) is 24.6 Å². The average molecular weight is 216 g/mol. The van der Waals surface area contributed by atoms with Gasteiger partial charge in [-0.15, -0.1) is 0 Å². The Bertz CT molecular complexity index is 460. The average Bonchev–Trinajstić information content (AvgIpc) is 2.30. The maximum absolute atomic E-state index is 6.14. The minimum Gasteiger partial charge on any atom is -0.0837 e. The van der Waals surface area contributed by atoms with E-state index in [1.165, 1.54) is 5.56 Å². The predicted molar refractivity (Wildman–Crippen MR) is 66.0 cm³/mol. The number of rotatable bonds is 2. The van der Waals surface area contributed by atoms with Crippen molar-refractivity contribution in [3.05, 3.63) is 65.5 Å². The molecule has 0 aliphatic heterocycles. The Morgan fingerprint density at radius 1 is 1.00 bits per heavy atom. The molecule has 1 radical (unpaired) electrons. The first kappa shape index (κ1) is 10.3. The molecular formula is C14H12Cl. The first-order valence-electron chi connectivity index (χ1n) is 4.95. The van der Waals surface area contributed by atoms with Crippen LogP contribution < -0.4 is 0 Å². The Hall–Kier alpha value is -1.27. The van der Waals surface area contributed by atoms with Gasteiger partial charge in [0.2, 0.25) is 0 Å². The van der Waals surface area contributed by atoms with Crippen LogP contribution in [-0.4, -0.2) is 0 Å². The molecule has 0 unspecified atom stereocenters. The van der Waals surface area contributed by atoms with Crippen molar-refractivity contribution in [2.24, 2.45) is 0 Å². The highest BCUT2D eigenvalue weighted by Crippen LogP contribution is 2.28. The zero-order valence-corrected chi connectivity index (χ0v) is 9.33. The lowest BCUT2D eigenvalue weighted by atomic mass is 10.0. The number of hydrogen-bond donors (Lipinski definition) is 0. The fourth-order valence-electron chi connectivity index (χ4n) is 1.58. The summed E-state index contributed by atoms with van der Waals surface area (Å²) in [5, 5.41) is 0.797. The van der Waals surface area contributed by atoms with Crippen molar-refractivity contribution >= 4 is 11.6 Å². The maximum Gasteiger partial charge on any atom is 0.0484 e. The van der Waals surface area contributed by atoms with Gasteiger partial charge in [0.05, 0.1) is 0 Å². The first-order chi connectivity index (χ1) is 7.31. The summed E-state index contributed by atoms with van der Waals surface area (Å²) in [6.45, 7) is 2.03. The van der Waals surface area contributed by atoms with Crippen molar-refractivity contribution in [3.8, 4) is 11.1 Å². The van der Waals surface area contributed by atoms with Gasteiger partial charge in [0.25, 0.3) is 0 Å². The van der Waals surface area contributed by atoms with Crippen molar-refractivity contribution in [3.63, 3.8) is 0 Å². The second-order valence-corrected chi connectivity index (χ2v) is 3.80. The molecule has 0 saturated heterocycles. The highest BCUT2D eigenvalue weighted by molar-refractivity contribution is 6.33. The zero-order chi connectivity index (χ0) is 10.7. The molecule has 0 atom stereocenters. The summed E-state index contributed by atoms with van der Waals surface area (Å²) in [5.74, 6) is 0. The summed E-state index contributed by atoms with van der Waals surface area (Å²) in [4.78, 5) is 0. The van der Waals surface area contributed by atoms with Crippen LogP contribution in [0.2, 0.25) is 5.02 Å². The Balaban J connectivity index is 2.49. The van der Waals surface area contributed by atoms with E-state index in [0.29, 0.717) is 0 Å². The molecule has 0 nitrogen and oxygen atoms in total. The Labute approximate surface area is 95.5 Å². The molecule has 0 saturated carbocycles. The molecular weight excluding hydrogens is 204 g/mol. The molecule has 75 valence electrons. The van der Waals surface area contributed by atoms with Gasteiger partial charge in [-0.1, -0.05) is 61.0 Å². The van der Waals surface area contributed by atoms with Gasteiger partial charge in [0.15, 0.2) is 0 Å². The van der Waals surface area contributed by atoms with Crippen LogP contribution in [0.15, 0.2) is 48.5 Å². The molecule has 0 heterocycles. The number of halogens is 1. The largest absolute Gasteiger partial charge is 0.0837 e. The second kappa shape index (κ2) is 4.50. The summed E-state index contributed by atoms with van der Waals surface area (Å²) in [6.07, 6.45) is 2.08. The molecule has 2 rings (SSSR count). The lowest BCUT2D eigenvalue weighted by Crippen LogP contribution is -1.82. The van der Waals surface area contributed by atoms with Crippen LogP contribution in [0.25, 0.3) is 11.1 Å². The quantitative estimate of drug-likeness (QED) is 0.688. The van der Waals surface area contributed by atoms with Crippen molar-refractivity contribution in [2.45, 2.75) is 6.92 Å². The van der Waals surface area contributed by atoms with Gasteiger partial charge in [-0.3, -0.25) is 0 Å². The van der Waals surface area contributed by atoms with Gasteiger partial charge >= 0.3 is 0 Å². The molecule has 2 aromatic carbocycles. The molecule has 0 aliphatic rings. The highest BCUT2D eigenvalue weighted by atomic mass is 35.5. The molecule has 0 N–H and O–H groups in total. The Morgan fingerprint density at radius 2 is 1.80 bits per heavy atom. The lowest BCUT2D eigenvalue weighted by Gasteiger charge is -2.05. The molecule has 1 heteroatoms. The van der Waals surface area contributed by atoms with Gasteiger partial charge in [-0.05, 0) is 23.6 Å². The summed E-state index contributed by atoms with van der Waals surface area (Å²) in [6, 6.07) is 16.3. The molecule has 15 heavy (non-hydrogen) atoms. The smallest absolute Gasteiger partial charge is 0.0484 e. The van der Waals surface area contributed by atoms with E-state index < -0.39 is 0 Å². The van der Waals surface area contributed by atoms with Gasteiger partial charge in [-0.25, -0.2) is 0 Å². The van der Waals surface area contributed by atoms with E-state index in [1.807, 2.05) is 37.3 Å². The zero-order valence-electron chi connectivity index (χ0n) is 8.57. The lowest BCUT2D eigenvalue weighted by molar-refractivity contribution is 1.42. The van der Waals surface area contributed by atoms with Gasteiger partial charge in [0, 0.05) is 10.6 Å². The molecule has 0 aliphatic carbocycles. The van der Waals surface area contributed by atoms with Crippen LogP contribution in [0.1, 0.15) is 12.5 Å². The van der Waals surface area contributed by atoms with Crippen molar-refractivity contribution in [1.82, 2.24) is 0 Å². The van der Waals surface area contributed by atoms with E-state index >= 15 is 0 Å². The van der Waals surface area contributed by atoms with Gasteiger partial charge < -0.3 is 0 Å². The van der Waals surface area contributed by atoms with Crippen LogP contribution in [0, 0.1) is 6.42 Å². The van der Waals surface area contributed by atoms with Crippen molar-refractivity contribution in [2.75, 3.05) is 0 Å². The van der Waals surface area contributed by atoms with E-state index in [4.69, 9.17) is 11.6 Å². The normalized spacial score (nSPS) is 10.3. The maximum atomic E-state index is 6.14. The number of hydrogen-bond acceptors (Lipinski definition) is 0. The van der Waals surface area contributed by atoms with Crippen LogP contribution in [-0.2, 0) is 0 Å². The molecule has 0 spiro atoms. The van der Waals surface area contributed by atoms with Crippen LogP contribution in [0.4, 0.5) is 0 Å². The monoisotopic (exact) mass is 215 g/mol. The summed E-state index contributed by atoms with van der Waals surface area (Å²) in [5.41, 5.74) is 3.46. The van der Waals surface area contributed by atoms with E-state index in [0.717, 1.165) is 16.1 Å². The highest BCUT2D eigenvalue weighted by Gasteiger charge is 2.02. The molecule has 0 aromatic heterocycles. The van der Waals surface area contributed by atoms with Crippen molar-refractivity contribution < 1.29 is 0 Å². The van der Waals surface area contributed by atoms with Gasteiger partial charge in [0.1, 0.15) is 0 Å². The SMILES string of the molecule is C[CH]c1cccc(-c2ccccc2Cl)c1. The summed E-state index contributed by atoms with van der Waals surface area (Å²) < 4.78 is 0. The Morgan fingerprint density at radius 3 is 2.53 bits per heavy atom. The third-order valence-electron chi connectivity index (χ3n) is 2.40. The fraction of sp³-hybridized carbons (Fsp3) is 0.0714.